The summed E-state index contributed by atoms with van der Waals surface area (Å²) in [5.74, 6) is -0.0298. The van der Waals surface area contributed by atoms with Gasteiger partial charge in [0.05, 0.1) is 12.7 Å². The molecule has 0 fully saturated rings. The summed E-state index contributed by atoms with van der Waals surface area (Å²) in [6, 6.07) is 11.5. The third kappa shape index (κ3) is 2.56. The average molecular weight is 241 g/mol. The number of aromatic nitrogens is 1. The van der Waals surface area contributed by atoms with Gasteiger partial charge >= 0.3 is 5.97 Å². The summed E-state index contributed by atoms with van der Waals surface area (Å²) in [4.78, 5) is 15.3. The van der Waals surface area contributed by atoms with E-state index in [1.54, 1.807) is 24.5 Å². The highest BCUT2D eigenvalue weighted by Gasteiger charge is 2.10. The summed E-state index contributed by atoms with van der Waals surface area (Å²) >= 11 is 0. The number of rotatable bonds is 3. The van der Waals surface area contributed by atoms with Gasteiger partial charge in [-0.1, -0.05) is 19.1 Å². The van der Waals surface area contributed by atoms with Gasteiger partial charge in [-0.25, -0.2) is 4.79 Å². The Kier molecular flexibility index (Phi) is 3.72. The number of nitrogens with zero attached hydrogens (tertiary/aromatic N) is 1. The lowest BCUT2D eigenvalue weighted by Crippen LogP contribution is -2.02. The first-order valence-electron chi connectivity index (χ1n) is 5.80. The van der Waals surface area contributed by atoms with Gasteiger partial charge in [-0.2, -0.15) is 0 Å². The van der Waals surface area contributed by atoms with Gasteiger partial charge in [0.25, 0.3) is 0 Å². The summed E-state index contributed by atoms with van der Waals surface area (Å²) < 4.78 is 4.67. The van der Waals surface area contributed by atoms with E-state index >= 15 is 0 Å². The van der Waals surface area contributed by atoms with Crippen LogP contribution in [0.15, 0.2) is 48.8 Å². The summed E-state index contributed by atoms with van der Waals surface area (Å²) in [6.45, 7) is 2.13. The largest absolute Gasteiger partial charge is 0.465 e. The fourth-order valence-electron chi connectivity index (χ4n) is 1.87. The maximum atomic E-state index is 11.3. The van der Waals surface area contributed by atoms with Crippen LogP contribution in [0.1, 0.15) is 34.3 Å². The highest BCUT2D eigenvalue weighted by molar-refractivity contribution is 5.89. The Balaban J connectivity index is 2.22. The van der Waals surface area contributed by atoms with Crippen LogP contribution in [0.3, 0.4) is 0 Å². The molecule has 2 rings (SSSR count). The second kappa shape index (κ2) is 5.45. The Bertz CT molecular complexity index is 520. The molecule has 3 heteroatoms. The third-order valence-electron chi connectivity index (χ3n) is 3.04. The Morgan fingerprint density at radius 2 is 1.61 bits per heavy atom. The van der Waals surface area contributed by atoms with Crippen LogP contribution in [0, 0.1) is 0 Å². The number of pyridine rings is 1. The van der Waals surface area contributed by atoms with Gasteiger partial charge in [0.2, 0.25) is 0 Å². The number of carbonyl (C=O) groups is 1. The quantitative estimate of drug-likeness (QED) is 0.775. The van der Waals surface area contributed by atoms with Crippen molar-refractivity contribution in [2.24, 2.45) is 0 Å². The van der Waals surface area contributed by atoms with Gasteiger partial charge in [-0.15, -0.1) is 0 Å². The van der Waals surface area contributed by atoms with Crippen LogP contribution >= 0.6 is 0 Å². The van der Waals surface area contributed by atoms with Crippen molar-refractivity contribution in [1.29, 1.82) is 0 Å². The number of methoxy groups -OCH3 is 1. The van der Waals surface area contributed by atoms with Crippen LogP contribution < -0.4 is 0 Å². The van der Waals surface area contributed by atoms with Gasteiger partial charge < -0.3 is 4.74 Å². The van der Waals surface area contributed by atoms with Crippen molar-refractivity contribution in [2.75, 3.05) is 7.11 Å². The van der Waals surface area contributed by atoms with Crippen molar-refractivity contribution in [2.45, 2.75) is 12.8 Å². The van der Waals surface area contributed by atoms with E-state index in [0.29, 0.717) is 5.56 Å². The molecular formula is C15H15NO2. The van der Waals surface area contributed by atoms with Crippen molar-refractivity contribution in [3.63, 3.8) is 0 Å². The Labute approximate surface area is 106 Å². The predicted molar refractivity (Wildman–Crippen MR) is 69.5 cm³/mol. The Morgan fingerprint density at radius 1 is 1.06 bits per heavy atom. The standard InChI is InChI=1S/C15H15NO2/c1-11(13-7-9-16-10-8-13)12-3-5-14(6-4-12)15(17)18-2/h3-11H,1-2H3. The maximum absolute atomic E-state index is 11.3. The van der Waals surface area contributed by atoms with Gasteiger partial charge in [-0.05, 0) is 35.4 Å². The summed E-state index contributed by atoms with van der Waals surface area (Å²) in [6.07, 6.45) is 3.57. The minimum absolute atomic E-state index is 0.277. The molecule has 1 atom stereocenters. The van der Waals surface area contributed by atoms with E-state index in [1.165, 1.54) is 12.7 Å². The molecule has 2 aromatic rings. The van der Waals surface area contributed by atoms with E-state index in [1.807, 2.05) is 24.3 Å². The highest BCUT2D eigenvalue weighted by atomic mass is 16.5. The second-order valence-corrected chi connectivity index (χ2v) is 4.12. The van der Waals surface area contributed by atoms with Crippen LogP contribution in [0.2, 0.25) is 0 Å². The minimum Gasteiger partial charge on any atom is -0.465 e. The molecule has 0 bridgehead atoms. The highest BCUT2D eigenvalue weighted by Crippen LogP contribution is 2.23. The molecule has 0 saturated carbocycles. The smallest absolute Gasteiger partial charge is 0.337 e. The van der Waals surface area contributed by atoms with Crippen molar-refractivity contribution in [3.05, 3.63) is 65.5 Å². The first-order valence-corrected chi connectivity index (χ1v) is 5.80. The predicted octanol–water partition coefficient (Wildman–Crippen LogP) is 3.02. The molecular weight excluding hydrogens is 226 g/mol. The third-order valence-corrected chi connectivity index (χ3v) is 3.04. The van der Waals surface area contributed by atoms with Crippen LogP contribution in [0.4, 0.5) is 0 Å². The van der Waals surface area contributed by atoms with Gasteiger partial charge in [0.1, 0.15) is 0 Å². The second-order valence-electron chi connectivity index (χ2n) is 4.12. The van der Waals surface area contributed by atoms with Crippen molar-refractivity contribution < 1.29 is 9.53 Å². The first-order chi connectivity index (χ1) is 8.72. The topological polar surface area (TPSA) is 39.2 Å². The lowest BCUT2D eigenvalue weighted by Gasteiger charge is -2.12. The number of carbonyl (C=O) groups excluding carboxylic acids is 1. The number of benzene rings is 1. The van der Waals surface area contributed by atoms with Crippen molar-refractivity contribution >= 4 is 5.97 Å². The van der Waals surface area contributed by atoms with Crippen LogP contribution in [0.5, 0.6) is 0 Å². The molecule has 18 heavy (non-hydrogen) atoms. The van der Waals surface area contributed by atoms with E-state index < -0.39 is 0 Å². The molecule has 0 amide bonds. The number of esters is 1. The lowest BCUT2D eigenvalue weighted by molar-refractivity contribution is 0.0600. The molecule has 0 radical (unpaired) electrons. The molecule has 1 unspecified atom stereocenters. The average Bonchev–Trinajstić information content (AvgIpc) is 2.47. The van der Waals surface area contributed by atoms with Crippen LogP contribution in [0.25, 0.3) is 0 Å². The van der Waals surface area contributed by atoms with Crippen LogP contribution in [-0.4, -0.2) is 18.1 Å². The zero-order valence-corrected chi connectivity index (χ0v) is 10.5. The van der Waals surface area contributed by atoms with Crippen molar-refractivity contribution in [1.82, 2.24) is 4.98 Å². The van der Waals surface area contributed by atoms with E-state index in [-0.39, 0.29) is 11.9 Å². The first kappa shape index (κ1) is 12.3. The van der Waals surface area contributed by atoms with E-state index in [2.05, 4.69) is 16.6 Å². The Hall–Kier alpha value is -2.16. The van der Waals surface area contributed by atoms with E-state index in [0.717, 1.165) is 5.56 Å². The maximum Gasteiger partial charge on any atom is 0.337 e. The Morgan fingerprint density at radius 3 is 2.17 bits per heavy atom. The molecule has 0 aliphatic rings. The zero-order chi connectivity index (χ0) is 13.0. The summed E-state index contributed by atoms with van der Waals surface area (Å²) in [5.41, 5.74) is 2.94. The van der Waals surface area contributed by atoms with Crippen molar-refractivity contribution in [3.8, 4) is 0 Å². The van der Waals surface area contributed by atoms with Crippen LogP contribution in [-0.2, 0) is 4.74 Å². The molecule has 1 aromatic heterocycles. The molecule has 0 N–H and O–H groups in total. The number of ether oxygens (including phenoxy) is 1. The lowest BCUT2D eigenvalue weighted by atomic mass is 9.93. The number of hydrogen-bond donors (Lipinski definition) is 0. The van der Waals surface area contributed by atoms with Gasteiger partial charge in [0.15, 0.2) is 0 Å². The zero-order valence-electron chi connectivity index (χ0n) is 10.5. The molecule has 0 aliphatic carbocycles. The van der Waals surface area contributed by atoms with E-state index in [4.69, 9.17) is 0 Å². The monoisotopic (exact) mass is 241 g/mol. The number of hydrogen-bond acceptors (Lipinski definition) is 3. The minimum atomic E-state index is -0.307. The molecule has 1 aromatic carbocycles. The van der Waals surface area contributed by atoms with Gasteiger partial charge in [0, 0.05) is 18.3 Å². The van der Waals surface area contributed by atoms with E-state index in [9.17, 15) is 4.79 Å². The molecule has 1 heterocycles. The fourth-order valence-corrected chi connectivity index (χ4v) is 1.87. The van der Waals surface area contributed by atoms with Gasteiger partial charge in [-0.3, -0.25) is 4.98 Å². The summed E-state index contributed by atoms with van der Waals surface area (Å²) in [7, 11) is 1.38. The fraction of sp³-hybridized carbons (Fsp3) is 0.200. The molecule has 3 nitrogen and oxygen atoms in total. The SMILES string of the molecule is COC(=O)c1ccc(C(C)c2ccncc2)cc1. The summed E-state index contributed by atoms with van der Waals surface area (Å²) in [5, 5.41) is 0. The molecule has 0 aliphatic heterocycles. The normalized spacial score (nSPS) is 11.9. The molecule has 0 saturated heterocycles. The molecule has 92 valence electrons. The molecule has 0 spiro atoms.